The van der Waals surface area contributed by atoms with Crippen molar-refractivity contribution in [3.63, 3.8) is 0 Å². The summed E-state index contributed by atoms with van der Waals surface area (Å²) >= 11 is 0. The van der Waals surface area contributed by atoms with Crippen LogP contribution in [0.5, 0.6) is 0 Å². The molecule has 1 amide bonds. The van der Waals surface area contributed by atoms with Crippen molar-refractivity contribution in [1.29, 1.82) is 0 Å². The highest BCUT2D eigenvalue weighted by Crippen LogP contribution is 2.17. The minimum Gasteiger partial charge on any atom is -0.466 e. The molecule has 0 heterocycles. The van der Waals surface area contributed by atoms with Crippen LogP contribution in [0.15, 0.2) is 12.2 Å². The molecule has 64 heavy (non-hydrogen) atoms. The summed E-state index contributed by atoms with van der Waals surface area (Å²) < 4.78 is 5.47. The van der Waals surface area contributed by atoms with Gasteiger partial charge in [0, 0.05) is 12.8 Å². The Labute approximate surface area is 399 Å². The van der Waals surface area contributed by atoms with Gasteiger partial charge in [-0.2, -0.15) is 0 Å². The first-order valence-electron chi connectivity index (χ1n) is 28.9. The largest absolute Gasteiger partial charge is 0.466 e. The van der Waals surface area contributed by atoms with Crippen LogP contribution in [0.4, 0.5) is 0 Å². The molecule has 0 spiro atoms. The van der Waals surface area contributed by atoms with Crippen LogP contribution in [0, 0.1) is 0 Å². The molecule has 0 aliphatic carbocycles. The average Bonchev–Trinajstić information content (AvgIpc) is 3.29. The molecule has 2 atom stereocenters. The predicted octanol–water partition coefficient (Wildman–Crippen LogP) is 17.7. The normalized spacial score (nSPS) is 12.6. The molecule has 6 nitrogen and oxygen atoms in total. The van der Waals surface area contributed by atoms with E-state index in [4.69, 9.17) is 4.74 Å². The molecule has 2 unspecified atom stereocenters. The maximum Gasteiger partial charge on any atom is 0.305 e. The summed E-state index contributed by atoms with van der Waals surface area (Å²) in [5, 5.41) is 23.3. The molecule has 0 bridgehead atoms. The molecule has 6 heteroatoms. The van der Waals surface area contributed by atoms with E-state index >= 15 is 0 Å². The number of amides is 1. The van der Waals surface area contributed by atoms with Crippen LogP contribution in [0.1, 0.15) is 322 Å². The van der Waals surface area contributed by atoms with Crippen molar-refractivity contribution in [2.75, 3.05) is 13.2 Å². The maximum absolute atomic E-state index is 12.5. The minimum atomic E-state index is -0.673. The van der Waals surface area contributed by atoms with Gasteiger partial charge in [0.05, 0.1) is 25.4 Å². The van der Waals surface area contributed by atoms with Crippen molar-refractivity contribution in [1.82, 2.24) is 5.32 Å². The van der Waals surface area contributed by atoms with Gasteiger partial charge in [0.15, 0.2) is 0 Å². The van der Waals surface area contributed by atoms with E-state index in [2.05, 4.69) is 31.3 Å². The molecule has 0 fully saturated rings. The Hall–Kier alpha value is -1.40. The Morgan fingerprint density at radius 3 is 1.11 bits per heavy atom. The van der Waals surface area contributed by atoms with Crippen LogP contribution >= 0.6 is 0 Å². The molecule has 0 aromatic rings. The molecular formula is C58H113NO5. The Morgan fingerprint density at radius 2 is 0.734 bits per heavy atom. The van der Waals surface area contributed by atoms with Gasteiger partial charge in [0.2, 0.25) is 5.91 Å². The summed E-state index contributed by atoms with van der Waals surface area (Å²) in [5.41, 5.74) is 0. The monoisotopic (exact) mass is 904 g/mol. The second-order valence-corrected chi connectivity index (χ2v) is 20.0. The number of allylic oxidation sites excluding steroid dienone is 2. The van der Waals surface area contributed by atoms with E-state index in [1.807, 2.05) is 0 Å². The highest BCUT2D eigenvalue weighted by molar-refractivity contribution is 5.76. The zero-order chi connectivity index (χ0) is 46.5. The third-order valence-corrected chi connectivity index (χ3v) is 13.6. The summed E-state index contributed by atoms with van der Waals surface area (Å²) in [5.74, 6) is -0.0540. The number of hydrogen-bond acceptors (Lipinski definition) is 5. The van der Waals surface area contributed by atoms with E-state index < -0.39 is 12.1 Å². The van der Waals surface area contributed by atoms with Crippen molar-refractivity contribution in [3.8, 4) is 0 Å². The Morgan fingerprint density at radius 1 is 0.422 bits per heavy atom. The summed E-state index contributed by atoms with van der Waals surface area (Å²) in [7, 11) is 0. The summed E-state index contributed by atoms with van der Waals surface area (Å²) in [6.07, 6.45) is 63.4. The molecule has 0 saturated carbocycles. The topological polar surface area (TPSA) is 95.9 Å². The number of esters is 1. The van der Waals surface area contributed by atoms with Crippen LogP contribution in [-0.4, -0.2) is 47.4 Å². The molecule has 3 N–H and O–H groups in total. The first kappa shape index (κ1) is 62.6. The molecule has 0 aromatic carbocycles. The predicted molar refractivity (Wildman–Crippen MR) is 278 cm³/mol. The fourth-order valence-electron chi connectivity index (χ4n) is 9.11. The minimum absolute atomic E-state index is 0.00647. The van der Waals surface area contributed by atoms with E-state index in [-0.39, 0.29) is 18.5 Å². The van der Waals surface area contributed by atoms with Gasteiger partial charge in [-0.25, -0.2) is 0 Å². The number of aliphatic hydroxyl groups excluding tert-OH is 2. The van der Waals surface area contributed by atoms with Crippen LogP contribution in [0.2, 0.25) is 0 Å². The summed E-state index contributed by atoms with van der Waals surface area (Å²) in [6.45, 7) is 4.94. The lowest BCUT2D eigenvalue weighted by molar-refractivity contribution is -0.143. The molecule has 0 rings (SSSR count). The van der Waals surface area contributed by atoms with Gasteiger partial charge in [-0.05, 0) is 51.4 Å². The second-order valence-electron chi connectivity index (χ2n) is 20.0. The lowest BCUT2D eigenvalue weighted by atomic mass is 10.0. The number of carbonyl (C=O) groups excluding carboxylic acids is 2. The summed E-state index contributed by atoms with van der Waals surface area (Å²) in [6, 6.07) is -0.552. The standard InChI is InChI=1S/C58H113NO5/c1-3-5-7-9-11-13-15-17-19-20-23-26-30-34-38-42-46-50-56(61)55(54-60)59-57(62)51-47-43-39-35-31-27-24-21-25-29-33-37-41-45-49-53-64-58(63)52-48-44-40-36-32-28-22-18-16-14-12-10-8-6-4-2/h25,29,55-56,60-61H,3-24,26-28,30-54H2,1-2H3,(H,59,62)/b29-25-. The lowest BCUT2D eigenvalue weighted by Crippen LogP contribution is -2.45. The van der Waals surface area contributed by atoms with Crippen LogP contribution < -0.4 is 5.32 Å². The van der Waals surface area contributed by atoms with Crippen LogP contribution in [0.25, 0.3) is 0 Å². The average molecular weight is 905 g/mol. The molecule has 380 valence electrons. The van der Waals surface area contributed by atoms with Crippen molar-refractivity contribution in [2.24, 2.45) is 0 Å². The quantitative estimate of drug-likeness (QED) is 0.0321. The number of aliphatic hydroxyl groups is 2. The van der Waals surface area contributed by atoms with Crippen molar-refractivity contribution < 1.29 is 24.5 Å². The Balaban J connectivity index is 3.46. The van der Waals surface area contributed by atoms with Gasteiger partial charge in [0.25, 0.3) is 0 Å². The van der Waals surface area contributed by atoms with Crippen molar-refractivity contribution in [2.45, 2.75) is 334 Å². The van der Waals surface area contributed by atoms with Crippen LogP contribution in [-0.2, 0) is 14.3 Å². The van der Waals surface area contributed by atoms with Gasteiger partial charge in [-0.3, -0.25) is 9.59 Å². The lowest BCUT2D eigenvalue weighted by Gasteiger charge is -2.22. The van der Waals surface area contributed by atoms with Crippen molar-refractivity contribution >= 4 is 11.9 Å². The number of nitrogens with one attached hydrogen (secondary N) is 1. The molecule has 0 saturated heterocycles. The maximum atomic E-state index is 12.5. The smallest absolute Gasteiger partial charge is 0.305 e. The molecule has 0 radical (unpaired) electrons. The number of carbonyl (C=O) groups is 2. The highest BCUT2D eigenvalue weighted by atomic mass is 16.5. The third-order valence-electron chi connectivity index (χ3n) is 13.6. The SMILES string of the molecule is CCCCCCCCCCCCCCCCCCCC(O)C(CO)NC(=O)CCCCCCCCC/C=C\CCCCCCOC(=O)CCCCCCCCCCCCCCCCC. The first-order valence-corrected chi connectivity index (χ1v) is 28.9. The number of rotatable bonds is 54. The third kappa shape index (κ3) is 50.0. The molecule has 0 aliphatic heterocycles. The molecular weight excluding hydrogens is 791 g/mol. The zero-order valence-electron chi connectivity index (χ0n) is 43.3. The number of ether oxygens (including phenoxy) is 1. The van der Waals surface area contributed by atoms with E-state index in [0.717, 1.165) is 70.6 Å². The highest BCUT2D eigenvalue weighted by Gasteiger charge is 2.20. The van der Waals surface area contributed by atoms with E-state index in [0.29, 0.717) is 25.9 Å². The molecule has 0 aliphatic rings. The van der Waals surface area contributed by atoms with E-state index in [1.165, 1.54) is 218 Å². The first-order chi connectivity index (χ1) is 31.5. The van der Waals surface area contributed by atoms with E-state index in [9.17, 15) is 19.8 Å². The van der Waals surface area contributed by atoms with Gasteiger partial charge < -0.3 is 20.3 Å². The second kappa shape index (κ2) is 54.2. The molecule has 0 aromatic heterocycles. The number of unbranched alkanes of at least 4 members (excludes halogenated alkanes) is 41. The van der Waals surface area contributed by atoms with Crippen LogP contribution in [0.3, 0.4) is 0 Å². The Kier molecular flexibility index (Phi) is 53.0. The van der Waals surface area contributed by atoms with E-state index in [1.54, 1.807) is 0 Å². The van der Waals surface area contributed by atoms with Gasteiger partial charge in [0.1, 0.15) is 0 Å². The fraction of sp³-hybridized carbons (Fsp3) is 0.931. The summed E-state index contributed by atoms with van der Waals surface area (Å²) in [4.78, 5) is 24.5. The zero-order valence-corrected chi connectivity index (χ0v) is 43.3. The van der Waals surface area contributed by atoms with Gasteiger partial charge >= 0.3 is 5.97 Å². The Bertz CT molecular complexity index is 955. The fourth-order valence-corrected chi connectivity index (χ4v) is 9.11. The number of hydrogen-bond donors (Lipinski definition) is 3. The van der Waals surface area contributed by atoms with Gasteiger partial charge in [-0.15, -0.1) is 0 Å². The van der Waals surface area contributed by atoms with Gasteiger partial charge in [-0.1, -0.05) is 270 Å². The van der Waals surface area contributed by atoms with Crippen molar-refractivity contribution in [3.05, 3.63) is 12.2 Å².